The van der Waals surface area contributed by atoms with Gasteiger partial charge in [-0.1, -0.05) is 6.07 Å². The molecule has 3 fully saturated rings. The smallest absolute Gasteiger partial charge is 0.261 e. The summed E-state index contributed by atoms with van der Waals surface area (Å²) in [5.41, 5.74) is 5.32. The van der Waals surface area contributed by atoms with Crippen LogP contribution in [0.15, 0.2) is 23.1 Å². The van der Waals surface area contributed by atoms with Gasteiger partial charge in [0.25, 0.3) is 5.56 Å². The molecule has 184 valence electrons. The molecule has 4 aromatic rings. The number of aromatic amines is 3. The summed E-state index contributed by atoms with van der Waals surface area (Å²) < 4.78 is 6.47. The predicted molar refractivity (Wildman–Crippen MR) is 138 cm³/mol. The maximum absolute atomic E-state index is 13.1. The molecule has 0 radical (unpaired) electrons. The third-order valence-corrected chi connectivity index (χ3v) is 8.18. The third kappa shape index (κ3) is 3.61. The Morgan fingerprint density at radius 2 is 1.92 bits per heavy atom. The monoisotopic (exact) mass is 482 g/mol. The van der Waals surface area contributed by atoms with Gasteiger partial charge in [0.05, 0.1) is 23.2 Å². The molecule has 0 unspecified atom stereocenters. The molecule has 1 aromatic carbocycles. The minimum absolute atomic E-state index is 0.231. The zero-order valence-corrected chi connectivity index (χ0v) is 20.5. The first kappa shape index (κ1) is 21.7. The average Bonchev–Trinajstić information content (AvgIpc) is 3.81. The normalized spacial score (nSPS) is 19.2. The standard InChI is InChI=1S/C28H30N6O2/c1-34-10-8-16(9-11-34)18-6-7-21-25(26(18)36-14-15-2-3-15)33-27(31-21)22-24-20(13-30-28(22)35)19(12-29)23(32-24)17-4-5-17/h6-7,13,15-17,32H,2-5,8-11,14H2,1H3,(H,30,35)(H,31,33). The van der Waals surface area contributed by atoms with Crippen molar-refractivity contribution < 1.29 is 4.74 Å². The lowest BCUT2D eigenvalue weighted by Crippen LogP contribution is -2.29. The van der Waals surface area contributed by atoms with Gasteiger partial charge in [0.1, 0.15) is 23.0 Å². The van der Waals surface area contributed by atoms with E-state index in [2.05, 4.69) is 45.1 Å². The van der Waals surface area contributed by atoms with Crippen molar-refractivity contribution in [1.82, 2.24) is 24.8 Å². The molecule has 0 bridgehead atoms. The molecule has 4 heterocycles. The van der Waals surface area contributed by atoms with Gasteiger partial charge in [-0.25, -0.2) is 4.98 Å². The lowest BCUT2D eigenvalue weighted by atomic mass is 9.88. The Labute approximate surface area is 208 Å². The first-order valence-corrected chi connectivity index (χ1v) is 13.1. The van der Waals surface area contributed by atoms with Gasteiger partial charge in [0.15, 0.2) is 5.75 Å². The van der Waals surface area contributed by atoms with Gasteiger partial charge in [0.2, 0.25) is 0 Å². The summed E-state index contributed by atoms with van der Waals surface area (Å²) >= 11 is 0. The molecular formula is C28H30N6O2. The molecule has 8 heteroatoms. The molecule has 3 N–H and O–H groups in total. The fourth-order valence-electron chi connectivity index (χ4n) is 5.69. The molecule has 0 amide bonds. The van der Waals surface area contributed by atoms with Crippen LogP contribution in [0, 0.1) is 17.2 Å². The van der Waals surface area contributed by atoms with Crippen LogP contribution in [0.4, 0.5) is 0 Å². The van der Waals surface area contributed by atoms with E-state index in [9.17, 15) is 10.1 Å². The fraction of sp³-hybridized carbons (Fsp3) is 0.464. The van der Waals surface area contributed by atoms with Gasteiger partial charge in [-0.05, 0) is 82.1 Å². The summed E-state index contributed by atoms with van der Waals surface area (Å²) in [6, 6.07) is 6.60. The molecule has 1 saturated heterocycles. The number of H-pyrrole nitrogens is 3. The topological polar surface area (TPSA) is 114 Å². The van der Waals surface area contributed by atoms with Crippen molar-refractivity contribution in [2.24, 2.45) is 5.92 Å². The van der Waals surface area contributed by atoms with Crippen molar-refractivity contribution in [3.63, 3.8) is 0 Å². The summed E-state index contributed by atoms with van der Waals surface area (Å²) in [5.74, 6) is 2.80. The number of hydrogen-bond acceptors (Lipinski definition) is 5. The number of pyridine rings is 1. The van der Waals surface area contributed by atoms with E-state index in [0.29, 0.717) is 46.8 Å². The molecule has 3 aliphatic rings. The Kier molecular flexibility index (Phi) is 4.97. The zero-order valence-electron chi connectivity index (χ0n) is 20.5. The Morgan fingerprint density at radius 1 is 1.11 bits per heavy atom. The molecule has 1 aliphatic heterocycles. The summed E-state index contributed by atoms with van der Waals surface area (Å²) in [4.78, 5) is 30.1. The minimum atomic E-state index is -0.231. The predicted octanol–water partition coefficient (Wildman–Crippen LogP) is 4.75. The second-order valence-electron chi connectivity index (χ2n) is 10.9. The van der Waals surface area contributed by atoms with E-state index < -0.39 is 0 Å². The molecule has 8 nitrogen and oxygen atoms in total. The number of imidazole rings is 1. The average molecular weight is 483 g/mol. The van der Waals surface area contributed by atoms with Crippen molar-refractivity contribution in [3.05, 3.63) is 45.5 Å². The van der Waals surface area contributed by atoms with E-state index >= 15 is 0 Å². The van der Waals surface area contributed by atoms with E-state index in [-0.39, 0.29) is 5.56 Å². The van der Waals surface area contributed by atoms with Crippen LogP contribution in [0.5, 0.6) is 5.75 Å². The second kappa shape index (κ2) is 8.24. The first-order valence-electron chi connectivity index (χ1n) is 13.1. The summed E-state index contributed by atoms with van der Waals surface area (Å²) in [7, 11) is 2.18. The molecule has 3 aromatic heterocycles. The molecule has 2 saturated carbocycles. The number of nitrogens with one attached hydrogen (secondary N) is 3. The van der Waals surface area contributed by atoms with Gasteiger partial charge in [-0.3, -0.25) is 4.79 Å². The van der Waals surface area contributed by atoms with Gasteiger partial charge in [-0.2, -0.15) is 5.26 Å². The number of benzene rings is 1. The number of fused-ring (bicyclic) bond motifs is 2. The highest BCUT2D eigenvalue weighted by Gasteiger charge is 2.31. The van der Waals surface area contributed by atoms with Crippen LogP contribution in [-0.2, 0) is 0 Å². The van der Waals surface area contributed by atoms with Crippen molar-refractivity contribution in [2.75, 3.05) is 26.7 Å². The van der Waals surface area contributed by atoms with Crippen LogP contribution in [0.25, 0.3) is 33.3 Å². The van der Waals surface area contributed by atoms with E-state index in [1.54, 1.807) is 6.20 Å². The quantitative estimate of drug-likeness (QED) is 0.367. The van der Waals surface area contributed by atoms with Crippen LogP contribution < -0.4 is 10.3 Å². The van der Waals surface area contributed by atoms with E-state index in [1.807, 2.05) is 0 Å². The van der Waals surface area contributed by atoms with E-state index in [1.165, 1.54) is 18.4 Å². The lowest BCUT2D eigenvalue weighted by molar-refractivity contribution is 0.248. The first-order chi connectivity index (χ1) is 17.6. The van der Waals surface area contributed by atoms with Crippen molar-refractivity contribution in [3.8, 4) is 23.2 Å². The second-order valence-corrected chi connectivity index (χ2v) is 10.9. The fourth-order valence-corrected chi connectivity index (χ4v) is 5.69. The molecule has 0 spiro atoms. The summed E-state index contributed by atoms with van der Waals surface area (Å²) in [6.07, 6.45) is 8.42. The molecule has 0 atom stereocenters. The number of nitriles is 1. The molecule has 2 aliphatic carbocycles. The number of aromatic nitrogens is 4. The van der Waals surface area contributed by atoms with Crippen molar-refractivity contribution in [2.45, 2.75) is 50.4 Å². The number of piperidine rings is 1. The highest BCUT2D eigenvalue weighted by Crippen LogP contribution is 2.44. The van der Waals surface area contributed by atoms with Crippen molar-refractivity contribution in [1.29, 1.82) is 5.26 Å². The largest absolute Gasteiger partial charge is 0.491 e. The van der Waals surface area contributed by atoms with Crippen molar-refractivity contribution >= 4 is 21.9 Å². The maximum Gasteiger partial charge on any atom is 0.261 e. The Hall–Kier alpha value is -3.57. The van der Waals surface area contributed by atoms with Crippen LogP contribution in [0.3, 0.4) is 0 Å². The Morgan fingerprint density at radius 3 is 2.64 bits per heavy atom. The number of ether oxygens (including phenoxy) is 1. The highest BCUT2D eigenvalue weighted by atomic mass is 16.5. The van der Waals surface area contributed by atoms with Crippen LogP contribution in [0.2, 0.25) is 0 Å². The highest BCUT2D eigenvalue weighted by molar-refractivity contribution is 5.98. The van der Waals surface area contributed by atoms with Crippen LogP contribution >= 0.6 is 0 Å². The van der Waals surface area contributed by atoms with Crippen LogP contribution in [-0.4, -0.2) is 51.6 Å². The maximum atomic E-state index is 13.1. The van der Waals surface area contributed by atoms with E-state index in [4.69, 9.17) is 9.72 Å². The SMILES string of the molecule is CN1CCC(c2ccc3[nH]c(-c4c(=O)[nH]cc5c(C#N)c(C6CC6)[nH]c45)nc3c2OCC2CC2)CC1. The number of hydrogen-bond donors (Lipinski definition) is 3. The molecule has 36 heavy (non-hydrogen) atoms. The molecule has 7 rings (SSSR count). The number of nitrogens with zero attached hydrogens (tertiary/aromatic N) is 3. The van der Waals surface area contributed by atoms with Gasteiger partial charge in [-0.15, -0.1) is 0 Å². The summed E-state index contributed by atoms with van der Waals surface area (Å²) in [5, 5.41) is 10.6. The van der Waals surface area contributed by atoms with Gasteiger partial charge < -0.3 is 24.6 Å². The number of rotatable bonds is 6. The van der Waals surface area contributed by atoms with Gasteiger partial charge >= 0.3 is 0 Å². The van der Waals surface area contributed by atoms with Crippen LogP contribution in [0.1, 0.15) is 67.2 Å². The van der Waals surface area contributed by atoms with E-state index in [0.717, 1.165) is 66.6 Å². The number of likely N-dealkylation sites (tertiary alicyclic amines) is 1. The Balaban J connectivity index is 1.38. The molecular weight excluding hydrogens is 452 g/mol. The lowest BCUT2D eigenvalue weighted by Gasteiger charge is -2.30. The minimum Gasteiger partial charge on any atom is -0.491 e. The third-order valence-electron chi connectivity index (χ3n) is 8.18. The Bertz CT molecular complexity index is 1570. The summed E-state index contributed by atoms with van der Waals surface area (Å²) in [6.45, 7) is 2.86. The van der Waals surface area contributed by atoms with Gasteiger partial charge in [0, 0.05) is 23.2 Å². The zero-order chi connectivity index (χ0) is 24.4.